The van der Waals surface area contributed by atoms with Gasteiger partial charge in [0, 0.05) is 0 Å². The van der Waals surface area contributed by atoms with Gasteiger partial charge in [-0.2, -0.15) is 4.98 Å². The zero-order chi connectivity index (χ0) is 17.9. The Morgan fingerprint density at radius 2 is 2.12 bits per heavy atom. The first-order chi connectivity index (χ1) is 12.7. The molecule has 0 saturated carbocycles. The predicted octanol–water partition coefficient (Wildman–Crippen LogP) is 3.52. The van der Waals surface area contributed by atoms with Crippen molar-refractivity contribution in [2.75, 3.05) is 12.4 Å². The molecule has 1 aromatic heterocycles. The number of anilines is 1. The van der Waals surface area contributed by atoms with Crippen LogP contribution in [0, 0.1) is 0 Å². The molecule has 5 nitrogen and oxygen atoms in total. The van der Waals surface area contributed by atoms with Crippen LogP contribution < -0.4 is 15.6 Å². The SMILES string of the molecule is COc1cn(Cc2ccccc2)c(NC2CCC3=C2C=CCC3)nc1=O. The van der Waals surface area contributed by atoms with Crippen LogP contribution in [0.1, 0.15) is 31.2 Å². The molecular weight excluding hydrogens is 326 g/mol. The quantitative estimate of drug-likeness (QED) is 0.897. The Balaban J connectivity index is 1.66. The number of aromatic nitrogens is 2. The lowest BCUT2D eigenvalue weighted by atomic mass is 9.99. The molecule has 2 aliphatic carbocycles. The molecule has 0 spiro atoms. The first kappa shape index (κ1) is 16.6. The molecule has 2 aromatic rings. The predicted molar refractivity (Wildman–Crippen MR) is 103 cm³/mol. The summed E-state index contributed by atoms with van der Waals surface area (Å²) in [5.41, 5.74) is 3.71. The topological polar surface area (TPSA) is 56.1 Å². The highest BCUT2D eigenvalue weighted by Crippen LogP contribution is 2.35. The third-order valence-electron chi connectivity index (χ3n) is 5.11. The maximum Gasteiger partial charge on any atom is 0.316 e. The first-order valence-electron chi connectivity index (χ1n) is 9.09. The molecule has 1 unspecified atom stereocenters. The number of nitrogens with one attached hydrogen (secondary N) is 1. The Morgan fingerprint density at radius 1 is 1.27 bits per heavy atom. The minimum atomic E-state index is -0.342. The Morgan fingerprint density at radius 3 is 2.92 bits per heavy atom. The van der Waals surface area contributed by atoms with Crippen molar-refractivity contribution in [1.82, 2.24) is 9.55 Å². The van der Waals surface area contributed by atoms with Gasteiger partial charge in [0.2, 0.25) is 11.7 Å². The van der Waals surface area contributed by atoms with Gasteiger partial charge in [-0.15, -0.1) is 0 Å². The standard InChI is InChI=1S/C21H23N3O2/c1-26-19-14-24(13-15-7-3-2-4-8-15)21(23-20(19)25)22-18-12-11-16-9-5-6-10-17(16)18/h2-4,6-8,10,14,18H,5,9,11-13H2,1H3,(H,22,23,25). The first-order valence-corrected chi connectivity index (χ1v) is 9.09. The second-order valence-corrected chi connectivity index (χ2v) is 6.79. The van der Waals surface area contributed by atoms with Gasteiger partial charge in [0.25, 0.3) is 0 Å². The Labute approximate surface area is 153 Å². The van der Waals surface area contributed by atoms with Gasteiger partial charge >= 0.3 is 5.56 Å². The second-order valence-electron chi connectivity index (χ2n) is 6.79. The van der Waals surface area contributed by atoms with Gasteiger partial charge in [0.15, 0.2) is 0 Å². The van der Waals surface area contributed by atoms with Crippen LogP contribution in [-0.2, 0) is 6.54 Å². The van der Waals surface area contributed by atoms with E-state index >= 15 is 0 Å². The lowest BCUT2D eigenvalue weighted by Crippen LogP contribution is -2.26. The van der Waals surface area contributed by atoms with Gasteiger partial charge in [0.1, 0.15) is 0 Å². The number of rotatable bonds is 5. The number of benzene rings is 1. The third kappa shape index (κ3) is 3.29. The van der Waals surface area contributed by atoms with Gasteiger partial charge in [-0.1, -0.05) is 48.1 Å². The summed E-state index contributed by atoms with van der Waals surface area (Å²) < 4.78 is 7.15. The van der Waals surface area contributed by atoms with E-state index in [0.717, 1.165) is 31.2 Å². The van der Waals surface area contributed by atoms with Crippen molar-refractivity contribution in [1.29, 1.82) is 0 Å². The monoisotopic (exact) mass is 349 g/mol. The molecule has 5 heteroatoms. The normalized spacial score (nSPS) is 18.7. The van der Waals surface area contributed by atoms with E-state index in [1.807, 2.05) is 22.8 Å². The number of hydrogen-bond acceptors (Lipinski definition) is 4. The third-order valence-corrected chi connectivity index (χ3v) is 5.11. The van der Waals surface area contributed by atoms with Crippen molar-refractivity contribution in [3.63, 3.8) is 0 Å². The number of allylic oxidation sites excluding steroid dienone is 2. The van der Waals surface area contributed by atoms with Crippen molar-refractivity contribution in [3.05, 3.63) is 75.7 Å². The molecule has 1 aromatic carbocycles. The summed E-state index contributed by atoms with van der Waals surface area (Å²) in [4.78, 5) is 16.5. The summed E-state index contributed by atoms with van der Waals surface area (Å²) in [6, 6.07) is 10.4. The maximum atomic E-state index is 12.2. The second kappa shape index (κ2) is 7.20. The van der Waals surface area contributed by atoms with Gasteiger partial charge in [-0.25, -0.2) is 0 Å². The largest absolute Gasteiger partial charge is 0.490 e. The molecule has 1 atom stereocenters. The molecule has 1 heterocycles. The van der Waals surface area contributed by atoms with Crippen LogP contribution in [0.15, 0.2) is 64.6 Å². The fraction of sp³-hybridized carbons (Fsp3) is 0.333. The smallest absolute Gasteiger partial charge is 0.316 e. The lowest BCUT2D eigenvalue weighted by molar-refractivity contribution is 0.402. The van der Waals surface area contributed by atoms with Crippen LogP contribution in [0.2, 0.25) is 0 Å². The van der Waals surface area contributed by atoms with Gasteiger partial charge < -0.3 is 14.6 Å². The van der Waals surface area contributed by atoms with E-state index in [4.69, 9.17) is 4.74 Å². The summed E-state index contributed by atoms with van der Waals surface area (Å²) in [7, 11) is 1.50. The average Bonchev–Trinajstić information content (AvgIpc) is 3.08. The minimum absolute atomic E-state index is 0.212. The number of hydrogen-bond donors (Lipinski definition) is 1. The van der Waals surface area contributed by atoms with E-state index in [1.54, 1.807) is 6.20 Å². The van der Waals surface area contributed by atoms with Crippen molar-refractivity contribution >= 4 is 5.95 Å². The average molecular weight is 349 g/mol. The summed E-state index contributed by atoms with van der Waals surface area (Å²) in [5.74, 6) is 0.854. The van der Waals surface area contributed by atoms with E-state index in [2.05, 4.69) is 34.6 Å². The lowest BCUT2D eigenvalue weighted by Gasteiger charge is -2.21. The fourth-order valence-corrected chi connectivity index (χ4v) is 3.77. The molecule has 0 radical (unpaired) electrons. The molecule has 0 saturated heterocycles. The fourth-order valence-electron chi connectivity index (χ4n) is 3.77. The van der Waals surface area contributed by atoms with Crippen LogP contribution in [0.4, 0.5) is 5.95 Å². The van der Waals surface area contributed by atoms with Crippen LogP contribution in [0.5, 0.6) is 5.75 Å². The molecule has 134 valence electrons. The van der Waals surface area contributed by atoms with E-state index in [0.29, 0.717) is 12.5 Å². The van der Waals surface area contributed by atoms with Crippen LogP contribution >= 0.6 is 0 Å². The molecule has 0 aliphatic heterocycles. The maximum absolute atomic E-state index is 12.2. The van der Waals surface area contributed by atoms with Gasteiger partial charge in [-0.3, -0.25) is 4.79 Å². The van der Waals surface area contributed by atoms with Crippen LogP contribution in [0.25, 0.3) is 0 Å². The molecule has 0 fully saturated rings. The molecule has 1 N–H and O–H groups in total. The minimum Gasteiger partial charge on any atom is -0.490 e. The highest BCUT2D eigenvalue weighted by molar-refractivity contribution is 5.45. The molecule has 26 heavy (non-hydrogen) atoms. The van der Waals surface area contributed by atoms with Crippen molar-refractivity contribution in [2.45, 2.75) is 38.3 Å². The highest BCUT2D eigenvalue weighted by Gasteiger charge is 2.26. The molecule has 0 bridgehead atoms. The van der Waals surface area contributed by atoms with Gasteiger partial charge in [0.05, 0.1) is 25.9 Å². The zero-order valence-corrected chi connectivity index (χ0v) is 14.9. The number of methoxy groups -OCH3 is 1. The highest BCUT2D eigenvalue weighted by atomic mass is 16.5. The summed E-state index contributed by atoms with van der Waals surface area (Å²) in [6.07, 6.45) is 10.6. The Bertz CT molecular complexity index is 913. The molecule has 4 rings (SSSR count). The van der Waals surface area contributed by atoms with E-state index in [1.165, 1.54) is 18.3 Å². The Kier molecular flexibility index (Phi) is 4.61. The van der Waals surface area contributed by atoms with E-state index < -0.39 is 0 Å². The van der Waals surface area contributed by atoms with E-state index in [-0.39, 0.29) is 17.4 Å². The van der Waals surface area contributed by atoms with Crippen molar-refractivity contribution in [2.24, 2.45) is 0 Å². The van der Waals surface area contributed by atoms with Crippen molar-refractivity contribution < 1.29 is 4.74 Å². The molecule has 0 amide bonds. The van der Waals surface area contributed by atoms with Gasteiger partial charge in [-0.05, 0) is 36.8 Å². The van der Waals surface area contributed by atoms with Crippen LogP contribution in [-0.4, -0.2) is 22.7 Å². The molecule has 2 aliphatic rings. The number of ether oxygens (including phenoxy) is 1. The molecular formula is C21H23N3O2. The van der Waals surface area contributed by atoms with Crippen molar-refractivity contribution in [3.8, 4) is 5.75 Å². The summed E-state index contributed by atoms with van der Waals surface area (Å²) in [5, 5.41) is 3.51. The number of nitrogens with zero attached hydrogens (tertiary/aromatic N) is 2. The Hall–Kier alpha value is -2.82. The van der Waals surface area contributed by atoms with E-state index in [9.17, 15) is 4.79 Å². The summed E-state index contributed by atoms with van der Waals surface area (Å²) >= 11 is 0. The van der Waals surface area contributed by atoms with Crippen LogP contribution in [0.3, 0.4) is 0 Å². The zero-order valence-electron chi connectivity index (χ0n) is 14.9. The summed E-state index contributed by atoms with van der Waals surface area (Å²) in [6.45, 7) is 0.626.